The van der Waals surface area contributed by atoms with Crippen molar-refractivity contribution in [2.45, 2.75) is 24.8 Å². The van der Waals surface area contributed by atoms with E-state index in [1.54, 1.807) is 0 Å². The first kappa shape index (κ1) is 30.0. The predicted octanol–water partition coefficient (Wildman–Crippen LogP) is 12.7. The zero-order chi connectivity index (χ0) is 33.3. The van der Waals surface area contributed by atoms with Gasteiger partial charge in [0.1, 0.15) is 0 Å². The van der Waals surface area contributed by atoms with Crippen molar-refractivity contribution >= 4 is 49.3 Å². The summed E-state index contributed by atoms with van der Waals surface area (Å²) in [5.41, 5.74) is 9.80. The van der Waals surface area contributed by atoms with Crippen molar-refractivity contribution in [1.82, 2.24) is 0 Å². The average molecular weight is 643 g/mol. The first-order valence-electron chi connectivity index (χ1n) is 17.7. The van der Waals surface area contributed by atoms with Crippen molar-refractivity contribution in [3.8, 4) is 11.1 Å². The Morgan fingerprint density at radius 2 is 1.34 bits per heavy atom. The van der Waals surface area contributed by atoms with Gasteiger partial charge in [0.05, 0.1) is 6.04 Å². The lowest BCUT2D eigenvalue weighted by Gasteiger charge is -2.25. The lowest BCUT2D eigenvalue weighted by atomic mass is 9.89. The summed E-state index contributed by atoms with van der Waals surface area (Å²) in [5, 5.41) is 15.3. The fourth-order valence-electron chi connectivity index (χ4n) is 7.76. The largest absolute Gasteiger partial charge is 0.378 e. The highest BCUT2D eigenvalue weighted by Crippen LogP contribution is 2.42. The molecule has 2 atom stereocenters. The van der Waals surface area contributed by atoms with Crippen LogP contribution in [0.15, 0.2) is 188 Å². The Balaban J connectivity index is 0.956. The molecule has 0 radical (unpaired) electrons. The molecule has 0 fully saturated rings. The summed E-state index contributed by atoms with van der Waals surface area (Å²) in [5.74, 6) is 0.345. The second kappa shape index (κ2) is 13.1. The topological polar surface area (TPSA) is 24.1 Å². The van der Waals surface area contributed by atoms with Gasteiger partial charge in [0.2, 0.25) is 0 Å². The maximum Gasteiger partial charge on any atom is 0.0554 e. The van der Waals surface area contributed by atoms with Gasteiger partial charge in [-0.2, -0.15) is 0 Å². The molecule has 0 amide bonds. The normalized spacial score (nSPS) is 17.1. The zero-order valence-corrected chi connectivity index (χ0v) is 27.9. The molecule has 2 nitrogen and oxygen atoms in total. The lowest BCUT2D eigenvalue weighted by molar-refractivity contribution is 0.845. The van der Waals surface area contributed by atoms with E-state index >= 15 is 0 Å². The monoisotopic (exact) mass is 642 g/mol. The van der Waals surface area contributed by atoms with Crippen molar-refractivity contribution in [2.75, 3.05) is 10.6 Å². The molecule has 0 spiro atoms. The van der Waals surface area contributed by atoms with E-state index in [1.165, 1.54) is 60.1 Å². The minimum Gasteiger partial charge on any atom is -0.378 e. The van der Waals surface area contributed by atoms with Gasteiger partial charge in [0, 0.05) is 28.6 Å². The van der Waals surface area contributed by atoms with Crippen LogP contribution in [-0.4, -0.2) is 6.04 Å². The molecular weight excluding hydrogens is 605 g/mol. The van der Waals surface area contributed by atoms with E-state index < -0.39 is 0 Å². The van der Waals surface area contributed by atoms with Crippen LogP contribution in [0.3, 0.4) is 0 Å². The van der Waals surface area contributed by atoms with Gasteiger partial charge in [0.15, 0.2) is 0 Å². The van der Waals surface area contributed by atoms with E-state index in [0.29, 0.717) is 5.92 Å². The second-order valence-corrected chi connectivity index (χ2v) is 13.4. The summed E-state index contributed by atoms with van der Waals surface area (Å²) < 4.78 is 0. The highest BCUT2D eigenvalue weighted by molar-refractivity contribution is 6.23. The summed E-state index contributed by atoms with van der Waals surface area (Å²) in [7, 11) is 0. The molecule has 2 unspecified atom stereocenters. The van der Waals surface area contributed by atoms with E-state index in [-0.39, 0.29) is 6.04 Å². The Morgan fingerprint density at radius 3 is 2.18 bits per heavy atom. The van der Waals surface area contributed by atoms with Gasteiger partial charge < -0.3 is 10.6 Å². The van der Waals surface area contributed by atoms with Crippen molar-refractivity contribution in [1.29, 1.82) is 0 Å². The zero-order valence-electron chi connectivity index (χ0n) is 27.9. The summed E-state index contributed by atoms with van der Waals surface area (Å²) >= 11 is 0. The molecule has 2 N–H and O–H groups in total. The number of anilines is 2. The molecule has 50 heavy (non-hydrogen) atoms. The smallest absolute Gasteiger partial charge is 0.0554 e. The Morgan fingerprint density at radius 1 is 0.580 bits per heavy atom. The quantitative estimate of drug-likeness (QED) is 0.169. The van der Waals surface area contributed by atoms with Gasteiger partial charge >= 0.3 is 0 Å². The first-order chi connectivity index (χ1) is 24.8. The van der Waals surface area contributed by atoms with E-state index in [1.807, 2.05) is 0 Å². The average Bonchev–Trinajstić information content (AvgIpc) is 3.19. The summed E-state index contributed by atoms with van der Waals surface area (Å²) in [6, 6.07) is 53.1. The molecule has 240 valence electrons. The summed E-state index contributed by atoms with van der Waals surface area (Å²) in [6.07, 6.45) is 15.5. The van der Waals surface area contributed by atoms with Crippen LogP contribution in [0.1, 0.15) is 29.9 Å². The molecule has 2 aliphatic carbocycles. The fourth-order valence-corrected chi connectivity index (χ4v) is 7.76. The third kappa shape index (κ3) is 5.69. The predicted molar refractivity (Wildman–Crippen MR) is 215 cm³/mol. The molecule has 7 aromatic carbocycles. The van der Waals surface area contributed by atoms with Crippen molar-refractivity contribution < 1.29 is 0 Å². The molecule has 2 heteroatoms. The molecular formula is C48H38N2. The van der Waals surface area contributed by atoms with Crippen molar-refractivity contribution in [2.24, 2.45) is 0 Å². The van der Waals surface area contributed by atoms with Gasteiger partial charge in [-0.25, -0.2) is 0 Å². The van der Waals surface area contributed by atoms with Crippen LogP contribution in [0.2, 0.25) is 0 Å². The number of fused-ring (bicyclic) bond motifs is 5. The first-order valence-corrected chi connectivity index (χ1v) is 17.7. The molecule has 2 aliphatic rings. The third-order valence-electron chi connectivity index (χ3n) is 10.3. The van der Waals surface area contributed by atoms with Crippen LogP contribution in [0.5, 0.6) is 0 Å². The third-order valence-corrected chi connectivity index (χ3v) is 10.3. The molecule has 7 aromatic rings. The van der Waals surface area contributed by atoms with Crippen LogP contribution < -0.4 is 10.6 Å². The second-order valence-electron chi connectivity index (χ2n) is 13.4. The molecule has 0 aromatic heterocycles. The number of hydrogen-bond acceptors (Lipinski definition) is 2. The highest BCUT2D eigenvalue weighted by atomic mass is 14.9. The minimum absolute atomic E-state index is 0.258. The molecule has 0 bridgehead atoms. The minimum atomic E-state index is 0.258. The maximum absolute atomic E-state index is 3.81. The van der Waals surface area contributed by atoms with Gasteiger partial charge in [0.25, 0.3) is 0 Å². The SMILES string of the molecule is C1=CCC(Nc2ccc(C3C=CC(Nc4ccccc4-c4cc5ccccc5c5ccc6ccccc6c45)=CC3)cc2)C(c2ccccc2)=C1. The van der Waals surface area contributed by atoms with Gasteiger partial charge in [-0.15, -0.1) is 0 Å². The van der Waals surface area contributed by atoms with Crippen molar-refractivity contribution in [3.63, 3.8) is 0 Å². The van der Waals surface area contributed by atoms with E-state index in [9.17, 15) is 0 Å². The highest BCUT2D eigenvalue weighted by Gasteiger charge is 2.19. The molecule has 0 saturated heterocycles. The number of para-hydroxylation sites is 1. The number of nitrogens with one attached hydrogen (secondary N) is 2. The van der Waals surface area contributed by atoms with Crippen molar-refractivity contribution in [3.05, 3.63) is 199 Å². The van der Waals surface area contributed by atoms with Crippen LogP contribution in [0, 0.1) is 0 Å². The number of rotatable bonds is 7. The standard InChI is InChI=1S/C48H38N2/c1-2-12-35(13-3-1)41-17-8-10-20-46(41)49-38-27-22-33(23-28-38)34-24-29-39(30-25-34)50-47-21-11-9-19-43(47)45-32-37-15-5-6-16-40(37)44-31-26-36-14-4-7-18-42(36)48(44)45/h1-19,21-24,26-32,34,46,49-50H,20,25H2. The summed E-state index contributed by atoms with van der Waals surface area (Å²) in [4.78, 5) is 0. The fraction of sp³-hybridized carbons (Fsp3) is 0.0833. The van der Waals surface area contributed by atoms with Gasteiger partial charge in [-0.05, 0) is 97.8 Å². The van der Waals surface area contributed by atoms with Crippen LogP contribution in [0.25, 0.3) is 49.0 Å². The number of hydrogen-bond donors (Lipinski definition) is 2. The van der Waals surface area contributed by atoms with Crippen LogP contribution in [-0.2, 0) is 0 Å². The number of allylic oxidation sites excluding steroid dienone is 5. The number of benzene rings is 7. The van der Waals surface area contributed by atoms with E-state index in [2.05, 4.69) is 193 Å². The van der Waals surface area contributed by atoms with Crippen LogP contribution in [0.4, 0.5) is 11.4 Å². The van der Waals surface area contributed by atoms with E-state index in [0.717, 1.165) is 29.9 Å². The lowest BCUT2D eigenvalue weighted by Crippen LogP contribution is -2.22. The molecule has 0 saturated carbocycles. The van der Waals surface area contributed by atoms with Gasteiger partial charge in [-0.1, -0.05) is 152 Å². The summed E-state index contributed by atoms with van der Waals surface area (Å²) in [6.45, 7) is 0. The Labute approximate surface area is 293 Å². The molecule has 9 rings (SSSR count). The molecule has 0 heterocycles. The van der Waals surface area contributed by atoms with Gasteiger partial charge in [-0.3, -0.25) is 0 Å². The van der Waals surface area contributed by atoms with E-state index in [4.69, 9.17) is 0 Å². The Kier molecular flexibility index (Phi) is 7.83. The maximum atomic E-state index is 3.81. The Hall–Kier alpha value is -6.12. The Bertz CT molecular complexity index is 2480. The molecule has 0 aliphatic heterocycles. The van der Waals surface area contributed by atoms with Crippen LogP contribution >= 0.6 is 0 Å².